The van der Waals surface area contributed by atoms with E-state index in [1.54, 1.807) is 19.1 Å². The summed E-state index contributed by atoms with van der Waals surface area (Å²) in [5, 5.41) is 11.0. The van der Waals surface area contributed by atoms with Crippen molar-refractivity contribution in [2.75, 3.05) is 21.2 Å². The third kappa shape index (κ3) is 3.75. The normalized spacial score (nSPS) is 30.2. The molecule has 1 fully saturated rings. The van der Waals surface area contributed by atoms with E-state index in [-0.39, 0.29) is 12.0 Å². The van der Waals surface area contributed by atoms with Crippen LogP contribution in [0.2, 0.25) is 0 Å². The van der Waals surface area contributed by atoms with Gasteiger partial charge in [-0.1, -0.05) is 24.3 Å². The zero-order chi connectivity index (χ0) is 22.3. The molecule has 1 N–H and O–H groups in total. The Balaban J connectivity index is 2.28. The highest BCUT2D eigenvalue weighted by Crippen LogP contribution is 2.41. The molecule has 0 saturated carbocycles. The maximum absolute atomic E-state index is 12.8. The minimum absolute atomic E-state index is 0.236. The van der Waals surface area contributed by atoms with Gasteiger partial charge in [-0.3, -0.25) is 4.90 Å². The third-order valence-corrected chi connectivity index (χ3v) is 5.87. The number of nitrogens with zero attached hydrogens (tertiary/aromatic N) is 1. The van der Waals surface area contributed by atoms with Gasteiger partial charge in [0.25, 0.3) is 0 Å². The number of carbonyl (C=O) groups excluding carboxylic acids is 2. The molecule has 0 aromatic carbocycles. The number of hydrogen-bond donors (Lipinski definition) is 1. The lowest BCUT2D eigenvalue weighted by Gasteiger charge is -2.30. The number of fused-ring (bicyclic) bond motifs is 4. The number of furan rings is 1. The van der Waals surface area contributed by atoms with E-state index in [1.807, 2.05) is 25.9 Å². The largest absolute Gasteiger partial charge is 0.465 e. The monoisotopic (exact) mass is 415 g/mol. The van der Waals surface area contributed by atoms with E-state index < -0.39 is 42.0 Å². The van der Waals surface area contributed by atoms with Gasteiger partial charge >= 0.3 is 11.9 Å². The first-order valence-corrected chi connectivity index (χ1v) is 9.85. The number of carbonyl (C=O) groups is 2. The summed E-state index contributed by atoms with van der Waals surface area (Å²) in [7, 11) is 5.00. The molecular weight excluding hydrogens is 386 g/mol. The molecule has 2 aliphatic rings. The number of methoxy groups -OCH3 is 1. The highest BCUT2D eigenvalue weighted by Gasteiger charge is 2.48. The summed E-state index contributed by atoms with van der Waals surface area (Å²) in [6, 6.07) is 1.21. The van der Waals surface area contributed by atoms with Gasteiger partial charge in [0.15, 0.2) is 0 Å². The maximum atomic E-state index is 12.8. The lowest BCUT2D eigenvalue weighted by molar-refractivity contribution is -0.140. The first-order valence-electron chi connectivity index (χ1n) is 9.85. The van der Waals surface area contributed by atoms with Crippen LogP contribution in [-0.2, 0) is 20.7 Å². The van der Waals surface area contributed by atoms with Crippen LogP contribution in [0.5, 0.6) is 0 Å². The van der Waals surface area contributed by atoms with Crippen LogP contribution in [-0.4, -0.2) is 61.4 Å². The summed E-state index contributed by atoms with van der Waals surface area (Å²) in [5.74, 6) is -1.07. The molecule has 30 heavy (non-hydrogen) atoms. The standard InChI is InChI=1S/C23H29NO6/c1-11(2)13-9-17-14(22(26)28-7)10-18(29-17)19(12(3)4)21-20(24(5)6)15(8-16(13)25)23(27)30-21/h8,10,13,16,19-21,25H,1,3,9H2,2,4-7H3/b15-8-/t13?,16?,19?,20-,21+/m1/s1. The summed E-state index contributed by atoms with van der Waals surface area (Å²) in [6.45, 7) is 11.7. The van der Waals surface area contributed by atoms with Crippen molar-refractivity contribution in [3.05, 3.63) is 59.1 Å². The van der Waals surface area contributed by atoms with Crippen molar-refractivity contribution in [1.29, 1.82) is 0 Å². The molecule has 7 heteroatoms. The summed E-state index contributed by atoms with van der Waals surface area (Å²) >= 11 is 0. The summed E-state index contributed by atoms with van der Waals surface area (Å²) in [5.41, 5.74) is 2.12. The highest BCUT2D eigenvalue weighted by atomic mass is 16.6. The Kier molecular flexibility index (Phi) is 6.06. The fraction of sp³-hybridized carbons (Fsp3) is 0.478. The molecule has 162 valence electrons. The molecule has 1 aromatic rings. The van der Waals surface area contributed by atoms with Crippen molar-refractivity contribution in [2.45, 2.75) is 44.4 Å². The highest BCUT2D eigenvalue weighted by molar-refractivity contribution is 5.93. The van der Waals surface area contributed by atoms with Gasteiger partial charge in [0.1, 0.15) is 23.2 Å². The van der Waals surface area contributed by atoms with Crippen molar-refractivity contribution in [2.24, 2.45) is 5.92 Å². The number of rotatable bonds is 4. The minimum atomic E-state index is -1.01. The Morgan fingerprint density at radius 2 is 1.93 bits per heavy atom. The van der Waals surface area contributed by atoms with E-state index >= 15 is 0 Å². The Morgan fingerprint density at radius 1 is 1.27 bits per heavy atom. The van der Waals surface area contributed by atoms with E-state index in [1.165, 1.54) is 7.11 Å². The number of esters is 2. The Bertz CT molecular complexity index is 924. The van der Waals surface area contributed by atoms with Crippen molar-refractivity contribution >= 4 is 11.9 Å². The van der Waals surface area contributed by atoms with Crippen molar-refractivity contribution in [3.63, 3.8) is 0 Å². The van der Waals surface area contributed by atoms with Crippen LogP contribution < -0.4 is 0 Å². The molecule has 3 rings (SSSR count). The van der Waals surface area contributed by atoms with Crippen LogP contribution in [0.25, 0.3) is 0 Å². The molecule has 3 heterocycles. The van der Waals surface area contributed by atoms with Crippen LogP contribution >= 0.6 is 0 Å². The lowest BCUT2D eigenvalue weighted by Crippen LogP contribution is -2.40. The van der Waals surface area contributed by atoms with Crippen molar-refractivity contribution in [1.82, 2.24) is 4.90 Å². The molecule has 4 bridgehead atoms. The summed E-state index contributed by atoms with van der Waals surface area (Å²) in [4.78, 5) is 27.1. The van der Waals surface area contributed by atoms with E-state index in [9.17, 15) is 14.7 Å². The second-order valence-electron chi connectivity index (χ2n) is 8.35. The average Bonchev–Trinajstić information content (AvgIpc) is 3.19. The predicted octanol–water partition coefficient (Wildman–Crippen LogP) is 2.62. The fourth-order valence-electron chi connectivity index (χ4n) is 4.35. The van der Waals surface area contributed by atoms with Crippen LogP contribution in [0.15, 0.2) is 46.4 Å². The Morgan fingerprint density at radius 3 is 2.47 bits per heavy atom. The van der Waals surface area contributed by atoms with Crippen molar-refractivity contribution < 1.29 is 28.6 Å². The second kappa shape index (κ2) is 8.24. The smallest absolute Gasteiger partial charge is 0.341 e. The topological polar surface area (TPSA) is 89.2 Å². The van der Waals surface area contributed by atoms with Gasteiger partial charge in [-0.2, -0.15) is 0 Å². The van der Waals surface area contributed by atoms with Gasteiger partial charge < -0.3 is 19.0 Å². The quantitative estimate of drug-likeness (QED) is 0.597. The number of likely N-dealkylation sites (N-methyl/N-ethyl adjacent to an activating group) is 1. The molecular formula is C23H29NO6. The van der Waals surface area contributed by atoms with Gasteiger partial charge in [-0.25, -0.2) is 9.59 Å². The maximum Gasteiger partial charge on any atom is 0.341 e. The zero-order valence-electron chi connectivity index (χ0n) is 18.1. The van der Waals surface area contributed by atoms with Crippen LogP contribution in [0.3, 0.4) is 0 Å². The van der Waals surface area contributed by atoms with Crippen LogP contribution in [0, 0.1) is 5.92 Å². The van der Waals surface area contributed by atoms with E-state index in [4.69, 9.17) is 13.9 Å². The number of aliphatic hydroxyl groups excluding tert-OH is 1. The first-order chi connectivity index (χ1) is 14.1. The molecule has 0 radical (unpaired) electrons. The SMILES string of the molecule is C=C(C)C1Cc2oc(cc2C(=O)OC)C(C(=C)C)[C@@H]2OC(=O)/C(=C\C1O)[C@H]2N(C)C. The van der Waals surface area contributed by atoms with Gasteiger partial charge in [0.2, 0.25) is 0 Å². The van der Waals surface area contributed by atoms with Gasteiger partial charge in [-0.15, -0.1) is 0 Å². The lowest BCUT2D eigenvalue weighted by atomic mass is 9.84. The molecule has 0 aliphatic carbocycles. The van der Waals surface area contributed by atoms with Crippen molar-refractivity contribution in [3.8, 4) is 0 Å². The Labute approximate surface area is 176 Å². The van der Waals surface area contributed by atoms with Gasteiger partial charge in [0.05, 0.1) is 30.7 Å². The summed E-state index contributed by atoms with van der Waals surface area (Å²) in [6.07, 6.45) is 0.161. The molecule has 0 amide bonds. The number of ether oxygens (including phenoxy) is 2. The first kappa shape index (κ1) is 22.1. The fourth-order valence-corrected chi connectivity index (χ4v) is 4.35. The minimum Gasteiger partial charge on any atom is -0.465 e. The van der Waals surface area contributed by atoms with E-state index in [2.05, 4.69) is 13.2 Å². The third-order valence-electron chi connectivity index (χ3n) is 5.87. The zero-order valence-corrected chi connectivity index (χ0v) is 18.1. The predicted molar refractivity (Wildman–Crippen MR) is 111 cm³/mol. The summed E-state index contributed by atoms with van der Waals surface area (Å²) < 4.78 is 16.8. The second-order valence-corrected chi connectivity index (χ2v) is 8.35. The molecule has 7 nitrogen and oxygen atoms in total. The van der Waals surface area contributed by atoms with E-state index in [0.29, 0.717) is 22.7 Å². The van der Waals surface area contributed by atoms with Gasteiger partial charge in [0, 0.05) is 12.3 Å². The van der Waals surface area contributed by atoms with Gasteiger partial charge in [-0.05, 0) is 40.1 Å². The van der Waals surface area contributed by atoms with Crippen LogP contribution in [0.1, 0.15) is 41.6 Å². The van der Waals surface area contributed by atoms with Crippen LogP contribution in [0.4, 0.5) is 0 Å². The number of aliphatic hydroxyl groups is 1. The average molecular weight is 415 g/mol. The molecule has 2 aliphatic heterocycles. The molecule has 0 spiro atoms. The Hall–Kier alpha value is -2.64. The molecule has 3 unspecified atom stereocenters. The molecule has 1 saturated heterocycles. The van der Waals surface area contributed by atoms with E-state index in [0.717, 1.165) is 5.57 Å². The molecule has 1 aromatic heterocycles. The number of hydrogen-bond acceptors (Lipinski definition) is 7. The molecule has 5 atom stereocenters.